The second kappa shape index (κ2) is 4.89. The molecule has 0 spiro atoms. The van der Waals surface area contributed by atoms with Crippen molar-refractivity contribution in [1.29, 1.82) is 0 Å². The fraction of sp³-hybridized carbons (Fsp3) is 0.571. The maximum absolute atomic E-state index is 6.18. The summed E-state index contributed by atoms with van der Waals surface area (Å²) in [5, 5.41) is 0. The Kier molecular flexibility index (Phi) is 4.13. The van der Waals surface area contributed by atoms with Gasteiger partial charge < -0.3 is 4.43 Å². The molecule has 0 N–H and O–H groups in total. The smallest absolute Gasteiger partial charge is 0.229 e. The van der Waals surface area contributed by atoms with Crippen LogP contribution in [0.3, 0.4) is 0 Å². The zero-order chi connectivity index (χ0) is 13.4. The average Bonchev–Trinajstić information content (AvgIpc) is 2.16. The van der Waals surface area contributed by atoms with E-state index in [1.54, 1.807) is 0 Å². The van der Waals surface area contributed by atoms with E-state index >= 15 is 0 Å². The van der Waals surface area contributed by atoms with Gasteiger partial charge in [-0.05, 0) is 43.5 Å². The molecule has 0 bridgehead atoms. The van der Waals surface area contributed by atoms with Gasteiger partial charge >= 0.3 is 0 Å². The Balaban J connectivity index is 3.47. The van der Waals surface area contributed by atoms with Gasteiger partial charge in [0, 0.05) is 0 Å². The summed E-state index contributed by atoms with van der Waals surface area (Å²) in [4.78, 5) is 0. The summed E-state index contributed by atoms with van der Waals surface area (Å²) >= 11 is 0. The number of hydrogen-bond donors (Lipinski definition) is 0. The van der Waals surface area contributed by atoms with Crippen LogP contribution in [0.2, 0.25) is 13.1 Å². The van der Waals surface area contributed by atoms with Gasteiger partial charge in [0.05, 0.1) is 0 Å². The molecule has 0 atom stereocenters. The van der Waals surface area contributed by atoms with E-state index < -0.39 is 9.04 Å². The molecule has 1 nitrogen and oxygen atoms in total. The molecule has 0 aromatic heterocycles. The second-order valence-corrected chi connectivity index (χ2v) is 8.57. The summed E-state index contributed by atoms with van der Waals surface area (Å²) in [5.41, 5.74) is 5.53. The summed E-state index contributed by atoms with van der Waals surface area (Å²) in [6.45, 7) is 15.6. The van der Waals surface area contributed by atoms with Gasteiger partial charge in [-0.3, -0.25) is 0 Å². The molecule has 0 amide bonds. The standard InChI is InChI=1S/C14H25BOSi/c1-9-8-11(14(3,4)5)13(16-17(6)7)10(2)12(9)15/h8,17H,15H2,1-7H3. The average molecular weight is 248 g/mol. The molecule has 0 unspecified atom stereocenters. The monoisotopic (exact) mass is 248 g/mol. The number of hydrogen-bond acceptors (Lipinski definition) is 1. The van der Waals surface area contributed by atoms with Gasteiger partial charge in [0.2, 0.25) is 9.04 Å². The first-order chi connectivity index (χ1) is 7.64. The second-order valence-electron chi connectivity index (χ2n) is 6.24. The Bertz CT molecular complexity index is 419. The first-order valence-corrected chi connectivity index (χ1v) is 9.20. The Hall–Kier alpha value is -0.698. The summed E-state index contributed by atoms with van der Waals surface area (Å²) < 4.78 is 6.18. The van der Waals surface area contributed by atoms with Crippen LogP contribution in [0.25, 0.3) is 0 Å². The molecular weight excluding hydrogens is 223 g/mol. The van der Waals surface area contributed by atoms with E-state index in [0.717, 1.165) is 5.75 Å². The lowest BCUT2D eigenvalue weighted by Gasteiger charge is -2.27. The Morgan fingerprint density at radius 2 is 1.71 bits per heavy atom. The molecule has 0 aliphatic carbocycles. The van der Waals surface area contributed by atoms with Crippen LogP contribution in [0.15, 0.2) is 6.07 Å². The minimum Gasteiger partial charge on any atom is -0.547 e. The molecule has 0 saturated carbocycles. The topological polar surface area (TPSA) is 9.23 Å². The molecule has 1 aromatic carbocycles. The van der Waals surface area contributed by atoms with Crippen molar-refractivity contribution in [3.8, 4) is 5.75 Å². The third kappa shape index (κ3) is 3.15. The highest BCUT2D eigenvalue weighted by atomic mass is 28.3. The minimum absolute atomic E-state index is 0.141. The van der Waals surface area contributed by atoms with Gasteiger partial charge in [-0.2, -0.15) is 0 Å². The molecule has 17 heavy (non-hydrogen) atoms. The van der Waals surface area contributed by atoms with Crippen molar-refractivity contribution in [2.75, 3.05) is 0 Å². The van der Waals surface area contributed by atoms with E-state index in [2.05, 4.69) is 61.6 Å². The van der Waals surface area contributed by atoms with Crippen molar-refractivity contribution in [1.82, 2.24) is 0 Å². The van der Waals surface area contributed by atoms with E-state index in [1.165, 1.54) is 22.2 Å². The Morgan fingerprint density at radius 3 is 2.12 bits per heavy atom. The molecule has 3 heteroatoms. The molecule has 0 aliphatic heterocycles. The van der Waals surface area contributed by atoms with Crippen LogP contribution in [0.5, 0.6) is 5.75 Å². The maximum Gasteiger partial charge on any atom is 0.229 e. The fourth-order valence-electron chi connectivity index (χ4n) is 2.00. The molecule has 0 aliphatic rings. The van der Waals surface area contributed by atoms with Crippen LogP contribution < -0.4 is 9.89 Å². The Labute approximate surface area is 109 Å². The van der Waals surface area contributed by atoms with Gasteiger partial charge in [0.1, 0.15) is 13.6 Å². The van der Waals surface area contributed by atoms with Crippen molar-refractivity contribution < 1.29 is 4.43 Å². The molecule has 0 fully saturated rings. The van der Waals surface area contributed by atoms with Gasteiger partial charge in [0.25, 0.3) is 0 Å². The van der Waals surface area contributed by atoms with Crippen molar-refractivity contribution in [3.05, 3.63) is 22.8 Å². The van der Waals surface area contributed by atoms with Gasteiger partial charge in [-0.15, -0.1) is 0 Å². The summed E-state index contributed by atoms with van der Waals surface area (Å²) in [7, 11) is 1.12. The molecule has 94 valence electrons. The summed E-state index contributed by atoms with van der Waals surface area (Å²) in [6.07, 6.45) is 0. The van der Waals surface area contributed by atoms with Crippen LogP contribution >= 0.6 is 0 Å². The highest BCUT2D eigenvalue weighted by Gasteiger charge is 2.22. The maximum atomic E-state index is 6.18. The lowest BCUT2D eigenvalue weighted by atomic mass is 9.78. The van der Waals surface area contributed by atoms with E-state index in [-0.39, 0.29) is 5.41 Å². The van der Waals surface area contributed by atoms with Crippen molar-refractivity contribution in [3.63, 3.8) is 0 Å². The van der Waals surface area contributed by atoms with E-state index in [1.807, 2.05) is 0 Å². The first kappa shape index (κ1) is 14.4. The molecular formula is C14H25BOSi. The van der Waals surface area contributed by atoms with Crippen LogP contribution in [-0.4, -0.2) is 16.9 Å². The minimum atomic E-state index is -1.06. The normalized spacial score (nSPS) is 12.0. The lowest BCUT2D eigenvalue weighted by molar-refractivity contribution is 0.517. The Morgan fingerprint density at radius 1 is 1.18 bits per heavy atom. The largest absolute Gasteiger partial charge is 0.547 e. The van der Waals surface area contributed by atoms with E-state index in [9.17, 15) is 0 Å². The lowest BCUT2D eigenvalue weighted by Crippen LogP contribution is -2.24. The SMILES string of the molecule is Bc1c(C)cc(C(C)(C)C)c(O[SiH](C)C)c1C. The predicted octanol–water partition coefficient (Wildman–Crippen LogP) is 2.22. The van der Waals surface area contributed by atoms with Crippen molar-refractivity contribution >= 4 is 22.3 Å². The number of benzene rings is 1. The molecule has 1 rings (SSSR count). The van der Waals surface area contributed by atoms with Gasteiger partial charge in [-0.25, -0.2) is 0 Å². The fourth-order valence-corrected chi connectivity index (χ4v) is 2.78. The third-order valence-corrected chi connectivity index (χ3v) is 3.97. The van der Waals surface area contributed by atoms with Gasteiger partial charge in [0.15, 0.2) is 0 Å². The highest BCUT2D eigenvalue weighted by Crippen LogP contribution is 2.34. The first-order valence-electron chi connectivity index (χ1n) is 6.42. The molecule has 0 heterocycles. The summed E-state index contributed by atoms with van der Waals surface area (Å²) in [5.74, 6) is 1.14. The van der Waals surface area contributed by atoms with Crippen molar-refractivity contribution in [2.24, 2.45) is 0 Å². The zero-order valence-electron chi connectivity index (χ0n) is 12.6. The third-order valence-electron chi connectivity index (χ3n) is 3.26. The van der Waals surface area contributed by atoms with E-state index in [0.29, 0.717) is 0 Å². The number of aryl methyl sites for hydroxylation is 1. The van der Waals surface area contributed by atoms with Crippen LogP contribution in [-0.2, 0) is 5.41 Å². The van der Waals surface area contributed by atoms with Crippen LogP contribution in [0.4, 0.5) is 0 Å². The molecule has 0 saturated heterocycles. The van der Waals surface area contributed by atoms with Crippen molar-refractivity contribution in [2.45, 2.75) is 53.1 Å². The number of rotatable bonds is 2. The highest BCUT2D eigenvalue weighted by molar-refractivity contribution is 6.49. The summed E-state index contributed by atoms with van der Waals surface area (Å²) in [6, 6.07) is 2.30. The molecule has 1 aromatic rings. The quantitative estimate of drug-likeness (QED) is 0.729. The molecule has 0 radical (unpaired) electrons. The zero-order valence-corrected chi connectivity index (χ0v) is 13.7. The van der Waals surface area contributed by atoms with E-state index in [4.69, 9.17) is 4.43 Å². The van der Waals surface area contributed by atoms with Gasteiger partial charge in [-0.1, -0.05) is 37.9 Å². The van der Waals surface area contributed by atoms with Crippen LogP contribution in [0, 0.1) is 13.8 Å². The van der Waals surface area contributed by atoms with Crippen LogP contribution in [0.1, 0.15) is 37.5 Å². The predicted molar refractivity (Wildman–Crippen MR) is 82.3 cm³/mol.